The van der Waals surface area contributed by atoms with Crippen LogP contribution in [0.3, 0.4) is 0 Å². The number of thiazole rings is 1. The second-order valence-electron chi connectivity index (χ2n) is 10.5. The number of allylic oxidation sites excluding steroid dienone is 1. The molecule has 1 aliphatic heterocycles. The van der Waals surface area contributed by atoms with Crippen LogP contribution in [0.5, 0.6) is 17.2 Å². The molecule has 1 aliphatic rings. The average molecular weight is 651 g/mol. The summed E-state index contributed by atoms with van der Waals surface area (Å²) < 4.78 is 38.4. The summed E-state index contributed by atoms with van der Waals surface area (Å²) in [5.41, 5.74) is 2.22. The topological polar surface area (TPSA) is 88.4 Å². The Balaban J connectivity index is 1.60. The highest BCUT2D eigenvalue weighted by molar-refractivity contribution is 7.07. The van der Waals surface area contributed by atoms with E-state index < -0.39 is 12.0 Å². The van der Waals surface area contributed by atoms with Crippen molar-refractivity contribution < 1.29 is 28.1 Å². The van der Waals surface area contributed by atoms with Gasteiger partial charge in [-0.3, -0.25) is 9.36 Å². The summed E-state index contributed by atoms with van der Waals surface area (Å²) >= 11 is 7.80. The van der Waals surface area contributed by atoms with Crippen LogP contribution in [0.4, 0.5) is 4.39 Å². The van der Waals surface area contributed by atoms with Crippen LogP contribution in [0.2, 0.25) is 5.02 Å². The van der Waals surface area contributed by atoms with E-state index in [-0.39, 0.29) is 41.3 Å². The van der Waals surface area contributed by atoms with Gasteiger partial charge in [0.05, 0.1) is 40.6 Å². The van der Waals surface area contributed by atoms with Crippen LogP contribution >= 0.6 is 22.9 Å². The molecule has 0 aliphatic carbocycles. The standard InChI is InChI=1S/C34H32ClFN2O6S/c1-6-42-33(40)29-20(4)37-34-38(30(29)24-12-7-8-13-26(24)44-19(2)3)32(39)28(45-34)17-22-15-25(35)31(27(16-22)41-5)43-18-21-10-9-11-23(36)14-21/h7-17,19,30H,6,18H2,1-5H3/b28-17+/t30-/m1/s1. The van der Waals surface area contributed by atoms with Crippen molar-refractivity contribution in [2.75, 3.05) is 13.7 Å². The summed E-state index contributed by atoms with van der Waals surface area (Å²) in [6.45, 7) is 7.53. The summed E-state index contributed by atoms with van der Waals surface area (Å²) in [5.74, 6) is 0.264. The first-order chi connectivity index (χ1) is 21.6. The highest BCUT2D eigenvalue weighted by atomic mass is 35.5. The first kappa shape index (κ1) is 32.0. The van der Waals surface area contributed by atoms with Crippen LogP contribution in [0, 0.1) is 5.82 Å². The number of esters is 1. The zero-order valence-corrected chi connectivity index (χ0v) is 27.0. The Morgan fingerprint density at radius 2 is 1.91 bits per heavy atom. The van der Waals surface area contributed by atoms with Gasteiger partial charge in [-0.1, -0.05) is 53.3 Å². The number of halogens is 2. The number of methoxy groups -OCH3 is 1. The minimum atomic E-state index is -0.825. The van der Waals surface area contributed by atoms with Crippen molar-refractivity contribution in [1.29, 1.82) is 0 Å². The predicted octanol–water partition coefficient (Wildman–Crippen LogP) is 5.97. The monoisotopic (exact) mass is 650 g/mol. The van der Waals surface area contributed by atoms with E-state index in [1.165, 1.54) is 35.1 Å². The van der Waals surface area contributed by atoms with E-state index >= 15 is 0 Å². The lowest BCUT2D eigenvalue weighted by molar-refractivity contribution is -0.139. The van der Waals surface area contributed by atoms with E-state index in [0.717, 1.165) is 0 Å². The van der Waals surface area contributed by atoms with Gasteiger partial charge in [0.1, 0.15) is 24.2 Å². The van der Waals surface area contributed by atoms with E-state index in [2.05, 4.69) is 4.99 Å². The highest BCUT2D eigenvalue weighted by Crippen LogP contribution is 2.38. The van der Waals surface area contributed by atoms with Gasteiger partial charge in [-0.05, 0) is 75.2 Å². The van der Waals surface area contributed by atoms with Gasteiger partial charge in [0, 0.05) is 5.56 Å². The summed E-state index contributed by atoms with van der Waals surface area (Å²) in [5, 5.41) is 0.253. The minimum absolute atomic E-state index is 0.0793. The Morgan fingerprint density at radius 1 is 1.13 bits per heavy atom. The molecule has 0 amide bonds. The number of nitrogens with zero attached hydrogens (tertiary/aromatic N) is 2. The number of fused-ring (bicyclic) bond motifs is 1. The van der Waals surface area contributed by atoms with E-state index in [0.29, 0.717) is 49.0 Å². The van der Waals surface area contributed by atoms with Crippen LogP contribution in [-0.4, -0.2) is 30.4 Å². The molecule has 8 nitrogen and oxygen atoms in total. The molecular formula is C34H32ClFN2O6S. The fraction of sp³-hybridized carbons (Fsp3) is 0.265. The normalized spacial score (nSPS) is 14.7. The molecule has 0 saturated carbocycles. The molecule has 0 unspecified atom stereocenters. The predicted molar refractivity (Wildman–Crippen MR) is 171 cm³/mol. The third-order valence-corrected chi connectivity index (χ3v) is 8.18. The molecule has 1 atom stereocenters. The summed E-state index contributed by atoms with van der Waals surface area (Å²) in [6.07, 6.45) is 1.55. The number of hydrogen-bond donors (Lipinski definition) is 0. The summed E-state index contributed by atoms with van der Waals surface area (Å²) in [6, 6.07) is 15.9. The van der Waals surface area contributed by atoms with Gasteiger partial charge in [0.2, 0.25) is 0 Å². The van der Waals surface area contributed by atoms with Crippen molar-refractivity contribution in [2.45, 2.75) is 46.4 Å². The van der Waals surface area contributed by atoms with Crippen molar-refractivity contribution >= 4 is 35.0 Å². The molecule has 0 fully saturated rings. The lowest BCUT2D eigenvalue weighted by Gasteiger charge is -2.26. The van der Waals surface area contributed by atoms with Gasteiger partial charge in [-0.25, -0.2) is 14.2 Å². The molecular weight excluding hydrogens is 619 g/mol. The third-order valence-electron chi connectivity index (χ3n) is 6.92. The first-order valence-corrected chi connectivity index (χ1v) is 15.5. The zero-order chi connectivity index (χ0) is 32.2. The smallest absolute Gasteiger partial charge is 0.338 e. The van der Waals surface area contributed by atoms with Gasteiger partial charge in [0.15, 0.2) is 16.3 Å². The number of ether oxygens (including phenoxy) is 4. The number of para-hydroxylation sites is 1. The summed E-state index contributed by atoms with van der Waals surface area (Å²) in [4.78, 5) is 32.5. The molecule has 45 heavy (non-hydrogen) atoms. The molecule has 4 aromatic rings. The molecule has 2 heterocycles. The number of carbonyl (C=O) groups excluding carboxylic acids is 1. The summed E-state index contributed by atoms with van der Waals surface area (Å²) in [7, 11) is 1.48. The molecule has 0 N–H and O–H groups in total. The minimum Gasteiger partial charge on any atom is -0.493 e. The average Bonchev–Trinajstić information content (AvgIpc) is 3.29. The van der Waals surface area contributed by atoms with Crippen LogP contribution in [0.1, 0.15) is 50.4 Å². The maximum Gasteiger partial charge on any atom is 0.338 e. The van der Waals surface area contributed by atoms with Gasteiger partial charge in [0.25, 0.3) is 5.56 Å². The van der Waals surface area contributed by atoms with Gasteiger partial charge in [-0.15, -0.1) is 0 Å². The number of benzene rings is 3. The molecule has 0 radical (unpaired) electrons. The van der Waals surface area contributed by atoms with Crippen LogP contribution < -0.4 is 29.1 Å². The second kappa shape index (κ2) is 13.7. The van der Waals surface area contributed by atoms with Crippen molar-refractivity contribution in [3.05, 3.63) is 119 Å². The Bertz CT molecular complexity index is 1970. The van der Waals surface area contributed by atoms with Crippen molar-refractivity contribution in [2.24, 2.45) is 4.99 Å². The van der Waals surface area contributed by atoms with Crippen molar-refractivity contribution in [1.82, 2.24) is 4.57 Å². The third kappa shape index (κ3) is 6.82. The number of carbonyl (C=O) groups is 1. The lowest BCUT2D eigenvalue weighted by Crippen LogP contribution is -2.40. The molecule has 0 saturated heterocycles. The second-order valence-corrected chi connectivity index (χ2v) is 11.9. The van der Waals surface area contributed by atoms with Crippen LogP contribution in [0.25, 0.3) is 6.08 Å². The molecule has 11 heteroatoms. The quantitative estimate of drug-likeness (QED) is 0.197. The van der Waals surface area contributed by atoms with Crippen LogP contribution in [-0.2, 0) is 16.1 Å². The Morgan fingerprint density at radius 3 is 2.62 bits per heavy atom. The number of aromatic nitrogens is 1. The Labute approximate surface area is 268 Å². The van der Waals surface area contributed by atoms with E-state index in [1.807, 2.05) is 38.1 Å². The fourth-order valence-electron chi connectivity index (χ4n) is 5.05. The largest absolute Gasteiger partial charge is 0.493 e. The Hall–Kier alpha value is -4.41. The van der Waals surface area contributed by atoms with Gasteiger partial charge in [-0.2, -0.15) is 0 Å². The molecule has 234 valence electrons. The zero-order valence-electron chi connectivity index (χ0n) is 25.4. The maximum atomic E-state index is 14.1. The molecule has 1 aromatic heterocycles. The van der Waals surface area contributed by atoms with Gasteiger partial charge < -0.3 is 18.9 Å². The van der Waals surface area contributed by atoms with E-state index in [4.69, 9.17) is 30.5 Å². The SMILES string of the molecule is CCOC(=O)C1=C(C)N=c2s/c(=C/c3cc(Cl)c(OCc4cccc(F)c4)c(OC)c3)c(=O)n2[C@@H]1c1ccccc1OC(C)C. The maximum absolute atomic E-state index is 14.1. The van der Waals surface area contributed by atoms with Crippen LogP contribution in [0.15, 0.2) is 81.7 Å². The van der Waals surface area contributed by atoms with Crippen molar-refractivity contribution in [3.63, 3.8) is 0 Å². The van der Waals surface area contributed by atoms with Gasteiger partial charge >= 0.3 is 5.97 Å². The van der Waals surface area contributed by atoms with E-state index in [1.54, 1.807) is 44.2 Å². The van der Waals surface area contributed by atoms with Crippen molar-refractivity contribution in [3.8, 4) is 17.2 Å². The molecule has 0 spiro atoms. The fourth-order valence-corrected chi connectivity index (χ4v) is 6.37. The number of rotatable bonds is 10. The Kier molecular flexibility index (Phi) is 9.74. The number of hydrogen-bond acceptors (Lipinski definition) is 8. The lowest BCUT2D eigenvalue weighted by atomic mass is 9.95. The molecule has 0 bridgehead atoms. The molecule has 5 rings (SSSR count). The first-order valence-electron chi connectivity index (χ1n) is 14.3. The molecule has 3 aromatic carbocycles. The van der Waals surface area contributed by atoms with E-state index in [9.17, 15) is 14.0 Å². The highest BCUT2D eigenvalue weighted by Gasteiger charge is 2.35.